The highest BCUT2D eigenvalue weighted by molar-refractivity contribution is 5.85. The number of nitrogens with one attached hydrogen (secondary N) is 2. The molecule has 0 amide bonds. The monoisotopic (exact) mass is 300 g/mol. The Morgan fingerprint density at radius 1 is 1.21 bits per heavy atom. The van der Waals surface area contributed by atoms with Crippen LogP contribution in [-0.4, -0.2) is 26.0 Å². The maximum atomic E-state index is 13.6. The first-order valence-electron chi connectivity index (χ1n) is 5.45. The number of hydrogen-bond acceptors (Lipinski definition) is 3. The van der Waals surface area contributed by atoms with Crippen molar-refractivity contribution in [2.45, 2.75) is 12.4 Å². The minimum absolute atomic E-state index is 0. The Morgan fingerprint density at radius 2 is 1.95 bits per heavy atom. The fourth-order valence-corrected chi connectivity index (χ4v) is 1.86. The van der Waals surface area contributed by atoms with E-state index in [0.717, 1.165) is 24.7 Å². The molecule has 1 heterocycles. The molecule has 0 aliphatic carbocycles. The van der Waals surface area contributed by atoms with Gasteiger partial charge in [0.1, 0.15) is 11.6 Å². The van der Waals surface area contributed by atoms with Crippen LogP contribution in [0.1, 0.15) is 11.6 Å². The smallest absolute Gasteiger partial charge is 0.406 e. The van der Waals surface area contributed by atoms with E-state index in [1.807, 2.05) is 0 Å². The molecule has 0 saturated carbocycles. The summed E-state index contributed by atoms with van der Waals surface area (Å²) in [5.41, 5.74) is 0.170. The lowest BCUT2D eigenvalue weighted by Gasteiger charge is -2.25. The second-order valence-electron chi connectivity index (χ2n) is 3.94. The number of rotatable bonds is 2. The Hall–Kier alpha value is -1.05. The van der Waals surface area contributed by atoms with Crippen molar-refractivity contribution in [2.75, 3.05) is 19.6 Å². The highest BCUT2D eigenvalue weighted by Gasteiger charge is 2.31. The zero-order valence-corrected chi connectivity index (χ0v) is 10.6. The predicted octanol–water partition coefficient (Wildman–Crippen LogP) is 2.38. The molecule has 2 rings (SSSR count). The van der Waals surface area contributed by atoms with Crippen LogP contribution in [0.5, 0.6) is 5.75 Å². The molecule has 2 N–H and O–H groups in total. The van der Waals surface area contributed by atoms with E-state index in [1.54, 1.807) is 0 Å². The minimum Gasteiger partial charge on any atom is -0.406 e. The molecular weight excluding hydrogens is 288 g/mol. The van der Waals surface area contributed by atoms with Gasteiger partial charge in [-0.3, -0.25) is 0 Å². The first kappa shape index (κ1) is 16.0. The molecule has 19 heavy (non-hydrogen) atoms. The highest BCUT2D eigenvalue weighted by Crippen LogP contribution is 2.27. The van der Waals surface area contributed by atoms with Crippen LogP contribution in [0.2, 0.25) is 0 Å². The molecule has 0 spiro atoms. The Bertz CT molecular complexity index is 422. The summed E-state index contributed by atoms with van der Waals surface area (Å²) in [6.07, 6.45) is -4.77. The van der Waals surface area contributed by atoms with Crippen LogP contribution < -0.4 is 15.4 Å². The number of ether oxygens (including phenoxy) is 1. The molecule has 1 atom stereocenters. The topological polar surface area (TPSA) is 33.3 Å². The van der Waals surface area contributed by atoms with E-state index >= 15 is 0 Å². The van der Waals surface area contributed by atoms with Gasteiger partial charge in [-0.05, 0) is 18.2 Å². The van der Waals surface area contributed by atoms with Gasteiger partial charge in [0.2, 0.25) is 0 Å². The standard InChI is InChI=1S/C11H12F4N2O.ClH/c12-9-2-1-7(18-11(13,14)15)5-8(9)10-6-16-3-4-17-10;/h1-2,5,10,16-17H,3-4,6H2;1H/t10-;/m0./s1. The molecule has 0 aromatic heterocycles. The number of hydrogen-bond donors (Lipinski definition) is 2. The van der Waals surface area contributed by atoms with E-state index in [9.17, 15) is 17.6 Å². The molecule has 0 bridgehead atoms. The summed E-state index contributed by atoms with van der Waals surface area (Å²) in [4.78, 5) is 0. The Balaban J connectivity index is 0.00000180. The predicted molar refractivity (Wildman–Crippen MR) is 63.9 cm³/mol. The SMILES string of the molecule is Cl.Fc1ccc(OC(F)(F)F)cc1[C@@H]1CNCCN1. The Labute approximate surface area is 113 Å². The number of halogens is 5. The lowest BCUT2D eigenvalue weighted by molar-refractivity contribution is -0.274. The third-order valence-electron chi connectivity index (χ3n) is 2.62. The lowest BCUT2D eigenvalue weighted by atomic mass is 10.0. The largest absolute Gasteiger partial charge is 0.573 e. The van der Waals surface area contributed by atoms with Gasteiger partial charge in [0.15, 0.2) is 0 Å². The van der Waals surface area contributed by atoms with Crippen LogP contribution >= 0.6 is 12.4 Å². The van der Waals surface area contributed by atoms with Gasteiger partial charge in [-0.25, -0.2) is 4.39 Å². The highest BCUT2D eigenvalue weighted by atomic mass is 35.5. The third kappa shape index (κ3) is 4.52. The van der Waals surface area contributed by atoms with Gasteiger partial charge >= 0.3 is 6.36 Å². The summed E-state index contributed by atoms with van der Waals surface area (Å²) in [7, 11) is 0. The Kier molecular flexibility index (Phi) is 5.39. The summed E-state index contributed by atoms with van der Waals surface area (Å²) in [6, 6.07) is 2.67. The number of benzene rings is 1. The third-order valence-corrected chi connectivity index (χ3v) is 2.62. The molecule has 108 valence electrons. The van der Waals surface area contributed by atoms with Gasteiger partial charge in [0, 0.05) is 31.2 Å². The quantitative estimate of drug-likeness (QED) is 0.823. The van der Waals surface area contributed by atoms with Crippen LogP contribution in [0.15, 0.2) is 18.2 Å². The second-order valence-corrected chi connectivity index (χ2v) is 3.94. The van der Waals surface area contributed by atoms with Crippen molar-refractivity contribution in [3.8, 4) is 5.75 Å². The van der Waals surface area contributed by atoms with Crippen molar-refractivity contribution in [2.24, 2.45) is 0 Å². The normalized spacial score (nSPS) is 19.7. The number of piperazine rings is 1. The van der Waals surface area contributed by atoms with Crippen LogP contribution in [0.4, 0.5) is 17.6 Å². The first-order valence-corrected chi connectivity index (χ1v) is 5.45. The van der Waals surface area contributed by atoms with Crippen molar-refractivity contribution in [3.05, 3.63) is 29.6 Å². The van der Waals surface area contributed by atoms with Gasteiger partial charge in [0.05, 0.1) is 0 Å². The van der Waals surface area contributed by atoms with Gasteiger partial charge in [-0.1, -0.05) is 0 Å². The van der Waals surface area contributed by atoms with E-state index in [-0.39, 0.29) is 24.0 Å². The average Bonchev–Trinajstić information content (AvgIpc) is 2.31. The zero-order chi connectivity index (χ0) is 13.2. The van der Waals surface area contributed by atoms with E-state index < -0.39 is 17.9 Å². The van der Waals surface area contributed by atoms with E-state index in [2.05, 4.69) is 15.4 Å². The fourth-order valence-electron chi connectivity index (χ4n) is 1.86. The van der Waals surface area contributed by atoms with Gasteiger partial charge in [0.25, 0.3) is 0 Å². The maximum absolute atomic E-state index is 13.6. The van der Waals surface area contributed by atoms with Crippen LogP contribution in [0, 0.1) is 5.82 Å². The lowest BCUT2D eigenvalue weighted by Crippen LogP contribution is -2.43. The molecule has 1 aromatic carbocycles. The van der Waals surface area contributed by atoms with E-state index in [4.69, 9.17) is 0 Å². The molecule has 3 nitrogen and oxygen atoms in total. The average molecular weight is 301 g/mol. The van der Waals surface area contributed by atoms with Crippen molar-refractivity contribution in [1.29, 1.82) is 0 Å². The van der Waals surface area contributed by atoms with Crippen LogP contribution in [0.25, 0.3) is 0 Å². The van der Waals surface area contributed by atoms with Crippen LogP contribution in [-0.2, 0) is 0 Å². The van der Waals surface area contributed by atoms with E-state index in [1.165, 1.54) is 0 Å². The van der Waals surface area contributed by atoms with Crippen LogP contribution in [0.3, 0.4) is 0 Å². The molecule has 0 unspecified atom stereocenters. The molecule has 1 fully saturated rings. The maximum Gasteiger partial charge on any atom is 0.573 e. The van der Waals surface area contributed by atoms with Crippen molar-refractivity contribution >= 4 is 12.4 Å². The van der Waals surface area contributed by atoms with Crippen molar-refractivity contribution in [3.63, 3.8) is 0 Å². The molecule has 0 radical (unpaired) electrons. The first-order chi connectivity index (χ1) is 8.46. The molecular formula is C11H13ClF4N2O. The van der Waals surface area contributed by atoms with Gasteiger partial charge < -0.3 is 15.4 Å². The molecule has 8 heteroatoms. The molecule has 1 aliphatic rings. The summed E-state index contributed by atoms with van der Waals surface area (Å²) in [5, 5.41) is 6.06. The number of alkyl halides is 3. The van der Waals surface area contributed by atoms with E-state index in [0.29, 0.717) is 13.1 Å². The second kappa shape index (κ2) is 6.40. The van der Waals surface area contributed by atoms with Gasteiger partial charge in [-0.2, -0.15) is 0 Å². The fraction of sp³-hybridized carbons (Fsp3) is 0.455. The molecule has 1 aliphatic heterocycles. The van der Waals surface area contributed by atoms with Gasteiger partial charge in [-0.15, -0.1) is 25.6 Å². The summed E-state index contributed by atoms with van der Waals surface area (Å²) in [6.45, 7) is 1.84. The minimum atomic E-state index is -4.77. The summed E-state index contributed by atoms with van der Waals surface area (Å²) < 4.78 is 53.6. The molecule has 1 aromatic rings. The zero-order valence-electron chi connectivity index (χ0n) is 9.76. The summed E-state index contributed by atoms with van der Waals surface area (Å²) in [5.74, 6) is -0.961. The molecule has 1 saturated heterocycles. The van der Waals surface area contributed by atoms with Crippen molar-refractivity contribution < 1.29 is 22.3 Å². The summed E-state index contributed by atoms with van der Waals surface area (Å²) >= 11 is 0. The van der Waals surface area contributed by atoms with Crippen molar-refractivity contribution in [1.82, 2.24) is 10.6 Å². The Morgan fingerprint density at radius 3 is 2.53 bits per heavy atom.